The number of rotatable bonds is 9. The summed E-state index contributed by atoms with van der Waals surface area (Å²) in [6, 6.07) is 12.8. The number of thioether (sulfide) groups is 1. The van der Waals surface area contributed by atoms with Gasteiger partial charge in [0.15, 0.2) is 16.8 Å². The van der Waals surface area contributed by atoms with E-state index in [9.17, 15) is 9.59 Å². The molecule has 0 fully saturated rings. The van der Waals surface area contributed by atoms with Crippen molar-refractivity contribution in [1.29, 1.82) is 0 Å². The second-order valence-electron chi connectivity index (χ2n) is 7.10. The van der Waals surface area contributed by atoms with Crippen molar-refractivity contribution in [2.24, 2.45) is 0 Å². The molecule has 3 rings (SSSR count). The number of hydrogen-bond donors (Lipinski definition) is 1. The topological polar surface area (TPSA) is 86.1 Å². The molecule has 0 bridgehead atoms. The summed E-state index contributed by atoms with van der Waals surface area (Å²) in [5.41, 5.74) is 3.54. The first-order chi connectivity index (χ1) is 14.9. The van der Waals surface area contributed by atoms with Gasteiger partial charge in [0, 0.05) is 17.8 Å². The van der Waals surface area contributed by atoms with Crippen molar-refractivity contribution in [1.82, 2.24) is 14.8 Å². The SMILES string of the molecule is CCn1c(COc2cccc(C)c2C)nnc1SCC(=O)Nc1ccc(C(C)=O)cc1. The molecule has 1 aromatic heterocycles. The quantitative estimate of drug-likeness (QED) is 0.393. The first kappa shape index (κ1) is 22.6. The predicted molar refractivity (Wildman–Crippen MR) is 122 cm³/mol. The van der Waals surface area contributed by atoms with Gasteiger partial charge in [-0.25, -0.2) is 0 Å². The van der Waals surface area contributed by atoms with Crippen LogP contribution in [0.5, 0.6) is 5.75 Å². The number of nitrogens with one attached hydrogen (secondary N) is 1. The Labute approximate surface area is 186 Å². The Balaban J connectivity index is 1.58. The van der Waals surface area contributed by atoms with Crippen molar-refractivity contribution in [2.45, 2.75) is 46.0 Å². The van der Waals surface area contributed by atoms with Crippen molar-refractivity contribution in [3.8, 4) is 5.75 Å². The van der Waals surface area contributed by atoms with E-state index in [1.54, 1.807) is 24.3 Å². The van der Waals surface area contributed by atoms with Gasteiger partial charge in [0.05, 0.1) is 5.75 Å². The number of ketones is 1. The molecule has 0 radical (unpaired) electrons. The van der Waals surface area contributed by atoms with Gasteiger partial charge in [-0.15, -0.1) is 10.2 Å². The third-order valence-corrected chi connectivity index (χ3v) is 5.90. The zero-order chi connectivity index (χ0) is 22.4. The molecule has 1 heterocycles. The van der Waals surface area contributed by atoms with Crippen LogP contribution in [0.1, 0.15) is 41.2 Å². The lowest BCUT2D eigenvalue weighted by atomic mass is 10.1. The highest BCUT2D eigenvalue weighted by molar-refractivity contribution is 7.99. The zero-order valence-corrected chi connectivity index (χ0v) is 19.0. The summed E-state index contributed by atoms with van der Waals surface area (Å²) in [6.45, 7) is 8.58. The van der Waals surface area contributed by atoms with Gasteiger partial charge >= 0.3 is 0 Å². The summed E-state index contributed by atoms with van der Waals surface area (Å²) in [6.07, 6.45) is 0. The number of aromatic nitrogens is 3. The maximum Gasteiger partial charge on any atom is 0.234 e. The zero-order valence-electron chi connectivity index (χ0n) is 18.1. The van der Waals surface area contributed by atoms with Crippen LogP contribution in [-0.2, 0) is 17.9 Å². The summed E-state index contributed by atoms with van der Waals surface area (Å²) in [5.74, 6) is 1.58. The number of hydrogen-bond acceptors (Lipinski definition) is 6. The number of aryl methyl sites for hydroxylation is 1. The Morgan fingerprint density at radius 1 is 1.10 bits per heavy atom. The maximum atomic E-state index is 12.3. The molecule has 1 amide bonds. The molecule has 0 saturated heterocycles. The Bertz CT molecular complexity index is 1080. The fourth-order valence-corrected chi connectivity index (χ4v) is 3.81. The summed E-state index contributed by atoms with van der Waals surface area (Å²) < 4.78 is 7.90. The van der Waals surface area contributed by atoms with Crippen LogP contribution in [0, 0.1) is 13.8 Å². The number of carbonyl (C=O) groups excluding carboxylic acids is 2. The number of benzene rings is 2. The molecular weight excluding hydrogens is 412 g/mol. The van der Waals surface area contributed by atoms with Crippen LogP contribution in [0.4, 0.5) is 5.69 Å². The minimum atomic E-state index is -0.153. The van der Waals surface area contributed by atoms with Gasteiger partial charge in [0.25, 0.3) is 0 Å². The van der Waals surface area contributed by atoms with Crippen molar-refractivity contribution in [2.75, 3.05) is 11.1 Å². The monoisotopic (exact) mass is 438 g/mol. The Morgan fingerprint density at radius 2 is 1.84 bits per heavy atom. The average Bonchev–Trinajstić information content (AvgIpc) is 3.15. The molecule has 31 heavy (non-hydrogen) atoms. The summed E-state index contributed by atoms with van der Waals surface area (Å²) in [5, 5.41) is 12.0. The number of ether oxygens (including phenoxy) is 1. The molecule has 0 atom stereocenters. The van der Waals surface area contributed by atoms with Gasteiger partial charge in [-0.2, -0.15) is 0 Å². The van der Waals surface area contributed by atoms with Gasteiger partial charge in [-0.1, -0.05) is 23.9 Å². The van der Waals surface area contributed by atoms with Crippen LogP contribution in [0.15, 0.2) is 47.6 Å². The molecule has 1 N–H and O–H groups in total. The largest absolute Gasteiger partial charge is 0.485 e. The molecule has 162 valence electrons. The van der Waals surface area contributed by atoms with E-state index in [0.29, 0.717) is 35.4 Å². The van der Waals surface area contributed by atoms with Crippen LogP contribution < -0.4 is 10.1 Å². The molecule has 0 aliphatic rings. The standard InChI is InChI=1S/C23H26N4O3S/c1-5-27-21(13-30-20-8-6-7-15(2)16(20)3)25-26-23(27)31-14-22(29)24-19-11-9-18(10-12-19)17(4)28/h6-12H,5,13-14H2,1-4H3,(H,24,29). The first-order valence-corrected chi connectivity index (χ1v) is 11.0. The van der Waals surface area contributed by atoms with Crippen molar-refractivity contribution in [3.05, 3.63) is 65.0 Å². The molecule has 0 aliphatic carbocycles. The van der Waals surface area contributed by atoms with Crippen LogP contribution in [0.2, 0.25) is 0 Å². The minimum Gasteiger partial charge on any atom is -0.485 e. The third-order valence-electron chi connectivity index (χ3n) is 4.93. The van der Waals surface area contributed by atoms with E-state index in [-0.39, 0.29) is 17.4 Å². The van der Waals surface area contributed by atoms with E-state index in [1.165, 1.54) is 24.2 Å². The maximum absolute atomic E-state index is 12.3. The summed E-state index contributed by atoms with van der Waals surface area (Å²) in [7, 11) is 0. The van der Waals surface area contributed by atoms with E-state index < -0.39 is 0 Å². The average molecular weight is 439 g/mol. The summed E-state index contributed by atoms with van der Waals surface area (Å²) >= 11 is 1.32. The number of Topliss-reactive ketones (excluding diaryl/α,β-unsaturated/α-hetero) is 1. The molecule has 8 heteroatoms. The van der Waals surface area contributed by atoms with Crippen molar-refractivity contribution >= 4 is 29.1 Å². The van der Waals surface area contributed by atoms with Crippen LogP contribution in [0.3, 0.4) is 0 Å². The molecule has 0 spiro atoms. The number of anilines is 1. The van der Waals surface area contributed by atoms with E-state index in [2.05, 4.69) is 15.5 Å². The molecule has 7 nitrogen and oxygen atoms in total. The Hall–Kier alpha value is -3.13. The summed E-state index contributed by atoms with van der Waals surface area (Å²) in [4.78, 5) is 23.7. The highest BCUT2D eigenvalue weighted by atomic mass is 32.2. The van der Waals surface area contributed by atoms with Gasteiger partial charge in [-0.3, -0.25) is 9.59 Å². The lowest BCUT2D eigenvalue weighted by Crippen LogP contribution is -2.15. The first-order valence-electron chi connectivity index (χ1n) is 10.0. The molecule has 3 aromatic rings. The smallest absolute Gasteiger partial charge is 0.234 e. The van der Waals surface area contributed by atoms with Gasteiger partial charge < -0.3 is 14.6 Å². The van der Waals surface area contributed by atoms with E-state index in [4.69, 9.17) is 4.74 Å². The Morgan fingerprint density at radius 3 is 2.52 bits per heavy atom. The van der Waals surface area contributed by atoms with Gasteiger partial charge in [0.1, 0.15) is 12.4 Å². The number of carbonyl (C=O) groups is 2. The van der Waals surface area contributed by atoms with Gasteiger partial charge in [0.2, 0.25) is 5.91 Å². The minimum absolute atomic E-state index is 0.00956. The Kier molecular flexibility index (Phi) is 7.46. The third kappa shape index (κ3) is 5.73. The highest BCUT2D eigenvalue weighted by Crippen LogP contribution is 2.23. The van der Waals surface area contributed by atoms with E-state index in [0.717, 1.165) is 11.3 Å². The fourth-order valence-electron chi connectivity index (χ4n) is 2.99. The molecular formula is C23H26N4O3S. The lowest BCUT2D eigenvalue weighted by Gasteiger charge is -2.11. The fraction of sp³-hybridized carbons (Fsp3) is 0.304. The van der Waals surface area contributed by atoms with Crippen LogP contribution in [-0.4, -0.2) is 32.2 Å². The second-order valence-corrected chi connectivity index (χ2v) is 8.04. The van der Waals surface area contributed by atoms with Gasteiger partial charge in [-0.05, 0) is 69.2 Å². The number of nitrogens with zero attached hydrogens (tertiary/aromatic N) is 3. The van der Waals surface area contributed by atoms with Crippen LogP contribution >= 0.6 is 11.8 Å². The van der Waals surface area contributed by atoms with Crippen LogP contribution in [0.25, 0.3) is 0 Å². The number of amides is 1. The van der Waals surface area contributed by atoms with E-state index >= 15 is 0 Å². The second kappa shape index (κ2) is 10.3. The van der Waals surface area contributed by atoms with Crippen molar-refractivity contribution in [3.63, 3.8) is 0 Å². The van der Waals surface area contributed by atoms with E-state index in [1.807, 2.05) is 43.5 Å². The molecule has 0 unspecified atom stereocenters. The normalized spacial score (nSPS) is 10.7. The molecule has 0 saturated carbocycles. The predicted octanol–water partition coefficient (Wildman–Crippen LogP) is 4.43. The molecule has 2 aromatic carbocycles. The van der Waals surface area contributed by atoms with Crippen molar-refractivity contribution < 1.29 is 14.3 Å². The highest BCUT2D eigenvalue weighted by Gasteiger charge is 2.14. The molecule has 0 aliphatic heterocycles. The lowest BCUT2D eigenvalue weighted by molar-refractivity contribution is -0.113.